The van der Waals surface area contributed by atoms with Gasteiger partial charge in [0.15, 0.2) is 11.6 Å². The number of carbonyl (C=O) groups is 3. The molecule has 29 heavy (non-hydrogen) atoms. The van der Waals surface area contributed by atoms with Gasteiger partial charge in [0.25, 0.3) is 0 Å². The van der Waals surface area contributed by atoms with E-state index >= 15 is 0 Å². The number of ether oxygens (including phenoxy) is 1. The zero-order chi connectivity index (χ0) is 21.4. The van der Waals surface area contributed by atoms with Gasteiger partial charge >= 0.3 is 5.97 Å². The lowest BCUT2D eigenvalue weighted by molar-refractivity contribution is 0.0600. The van der Waals surface area contributed by atoms with E-state index in [9.17, 15) is 14.4 Å². The molecular weight excluding hydrogens is 364 g/mol. The van der Waals surface area contributed by atoms with E-state index < -0.39 is 5.97 Å². The van der Waals surface area contributed by atoms with E-state index in [0.29, 0.717) is 16.7 Å². The molecule has 0 aromatic heterocycles. The van der Waals surface area contributed by atoms with Crippen LogP contribution in [0.2, 0.25) is 0 Å². The lowest BCUT2D eigenvalue weighted by Crippen LogP contribution is -2.34. The SMILES string of the molecule is COC(=O)c1ccc(C(=O)CC(=O)c2ccc3c(c2)C(C)(C)CCC3(C)C)cc1. The van der Waals surface area contributed by atoms with Crippen LogP contribution in [-0.4, -0.2) is 24.6 Å². The second-order valence-electron chi connectivity index (χ2n) is 9.12. The van der Waals surface area contributed by atoms with E-state index in [-0.39, 0.29) is 28.8 Å². The number of carbonyl (C=O) groups excluding carboxylic acids is 3. The topological polar surface area (TPSA) is 60.4 Å². The fourth-order valence-corrected chi connectivity index (χ4v) is 4.02. The highest BCUT2D eigenvalue weighted by Crippen LogP contribution is 2.45. The van der Waals surface area contributed by atoms with Crippen LogP contribution in [-0.2, 0) is 15.6 Å². The van der Waals surface area contributed by atoms with Gasteiger partial charge in [-0.15, -0.1) is 0 Å². The van der Waals surface area contributed by atoms with Crippen molar-refractivity contribution in [1.82, 2.24) is 0 Å². The molecule has 0 saturated heterocycles. The fraction of sp³-hybridized carbons (Fsp3) is 0.400. The molecule has 0 saturated carbocycles. The molecule has 0 atom stereocenters. The number of fused-ring (bicyclic) bond motifs is 1. The molecule has 0 amide bonds. The average Bonchev–Trinajstić information content (AvgIpc) is 2.70. The number of esters is 1. The predicted octanol–water partition coefficient (Wildman–Crippen LogP) is 5.28. The molecule has 0 unspecified atom stereocenters. The Bertz CT molecular complexity index is 965. The molecule has 0 N–H and O–H groups in total. The van der Waals surface area contributed by atoms with Crippen LogP contribution in [0.4, 0.5) is 0 Å². The van der Waals surface area contributed by atoms with E-state index in [1.54, 1.807) is 12.1 Å². The normalized spacial score (nSPS) is 16.6. The van der Waals surface area contributed by atoms with Crippen LogP contribution < -0.4 is 0 Å². The van der Waals surface area contributed by atoms with Crippen molar-refractivity contribution in [3.8, 4) is 0 Å². The van der Waals surface area contributed by atoms with Gasteiger partial charge in [0.2, 0.25) is 0 Å². The molecule has 1 aliphatic rings. The first-order valence-electron chi connectivity index (χ1n) is 9.95. The number of hydrogen-bond donors (Lipinski definition) is 0. The fourth-order valence-electron chi connectivity index (χ4n) is 4.02. The lowest BCUT2D eigenvalue weighted by Gasteiger charge is -2.42. The lowest BCUT2D eigenvalue weighted by atomic mass is 9.63. The average molecular weight is 392 g/mol. The summed E-state index contributed by atoms with van der Waals surface area (Å²) in [6, 6.07) is 12.1. The minimum Gasteiger partial charge on any atom is -0.465 e. The van der Waals surface area contributed by atoms with Gasteiger partial charge in [0.1, 0.15) is 0 Å². The molecule has 0 spiro atoms. The summed E-state index contributed by atoms with van der Waals surface area (Å²) >= 11 is 0. The first-order valence-corrected chi connectivity index (χ1v) is 9.95. The van der Waals surface area contributed by atoms with Gasteiger partial charge in [-0.3, -0.25) is 9.59 Å². The highest BCUT2D eigenvalue weighted by Gasteiger charge is 2.37. The summed E-state index contributed by atoms with van der Waals surface area (Å²) in [5, 5.41) is 0. The second-order valence-corrected chi connectivity index (χ2v) is 9.12. The predicted molar refractivity (Wildman–Crippen MR) is 113 cm³/mol. The Hall–Kier alpha value is -2.75. The summed E-state index contributed by atoms with van der Waals surface area (Å²) < 4.78 is 4.66. The van der Waals surface area contributed by atoms with Gasteiger partial charge in [-0.05, 0) is 53.0 Å². The van der Waals surface area contributed by atoms with Crippen LogP contribution in [0.5, 0.6) is 0 Å². The van der Waals surface area contributed by atoms with E-state index in [4.69, 9.17) is 0 Å². The number of Topliss-reactive ketones (excluding diaryl/α,β-unsaturated/α-hetero) is 2. The zero-order valence-electron chi connectivity index (χ0n) is 17.8. The molecular formula is C25H28O4. The van der Waals surface area contributed by atoms with Crippen LogP contribution in [0, 0.1) is 0 Å². The number of rotatable bonds is 5. The van der Waals surface area contributed by atoms with Gasteiger partial charge in [-0.2, -0.15) is 0 Å². The van der Waals surface area contributed by atoms with Crippen molar-refractivity contribution < 1.29 is 19.1 Å². The maximum atomic E-state index is 12.8. The summed E-state index contributed by atoms with van der Waals surface area (Å²) in [6.07, 6.45) is 1.98. The van der Waals surface area contributed by atoms with Crippen molar-refractivity contribution >= 4 is 17.5 Å². The van der Waals surface area contributed by atoms with Gasteiger partial charge in [0.05, 0.1) is 19.1 Å². The molecule has 4 heteroatoms. The summed E-state index contributed by atoms with van der Waals surface area (Å²) in [5.74, 6) is -0.905. The molecule has 0 fully saturated rings. The minimum atomic E-state index is -0.459. The molecule has 0 radical (unpaired) electrons. The molecule has 0 aliphatic heterocycles. The van der Waals surface area contributed by atoms with Crippen molar-refractivity contribution in [3.63, 3.8) is 0 Å². The second kappa shape index (κ2) is 7.58. The smallest absolute Gasteiger partial charge is 0.337 e. The molecule has 2 aromatic rings. The standard InChI is InChI=1S/C25H28O4/c1-24(2)12-13-25(3,4)20-14-18(10-11-19(20)24)22(27)15-21(26)16-6-8-17(9-7-16)23(28)29-5/h6-11,14H,12-13,15H2,1-5H3. The summed E-state index contributed by atoms with van der Waals surface area (Å²) in [4.78, 5) is 36.9. The van der Waals surface area contributed by atoms with Crippen molar-refractivity contribution in [2.24, 2.45) is 0 Å². The number of ketones is 2. The van der Waals surface area contributed by atoms with Crippen molar-refractivity contribution in [2.45, 2.75) is 57.8 Å². The molecule has 3 rings (SSSR count). The Balaban J connectivity index is 1.81. The Morgan fingerprint density at radius 1 is 0.759 bits per heavy atom. The molecule has 4 nitrogen and oxygen atoms in total. The molecule has 0 heterocycles. The maximum absolute atomic E-state index is 12.8. The quantitative estimate of drug-likeness (QED) is 0.395. The van der Waals surface area contributed by atoms with Gasteiger partial charge in [-0.1, -0.05) is 52.0 Å². The van der Waals surface area contributed by atoms with Crippen LogP contribution in [0.1, 0.15) is 89.2 Å². The van der Waals surface area contributed by atoms with E-state index in [0.717, 1.165) is 12.8 Å². The van der Waals surface area contributed by atoms with Crippen LogP contribution in [0.3, 0.4) is 0 Å². The summed E-state index contributed by atoms with van der Waals surface area (Å²) in [6.45, 7) is 8.90. The Morgan fingerprint density at radius 2 is 1.24 bits per heavy atom. The molecule has 0 bridgehead atoms. The van der Waals surface area contributed by atoms with E-state index in [1.807, 2.05) is 12.1 Å². The van der Waals surface area contributed by atoms with Crippen molar-refractivity contribution in [1.29, 1.82) is 0 Å². The maximum Gasteiger partial charge on any atom is 0.337 e. The van der Waals surface area contributed by atoms with Gasteiger partial charge in [0, 0.05) is 11.1 Å². The number of methoxy groups -OCH3 is 1. The van der Waals surface area contributed by atoms with Crippen LogP contribution in [0.15, 0.2) is 42.5 Å². The molecule has 2 aromatic carbocycles. The van der Waals surface area contributed by atoms with Crippen LogP contribution in [0.25, 0.3) is 0 Å². The third-order valence-corrected chi connectivity index (χ3v) is 6.12. The Kier molecular flexibility index (Phi) is 5.48. The number of benzene rings is 2. The number of hydrogen-bond acceptors (Lipinski definition) is 4. The van der Waals surface area contributed by atoms with Gasteiger partial charge < -0.3 is 4.74 Å². The molecule has 152 valence electrons. The zero-order valence-corrected chi connectivity index (χ0v) is 17.8. The molecule has 1 aliphatic carbocycles. The summed E-state index contributed by atoms with van der Waals surface area (Å²) in [5.41, 5.74) is 3.94. The van der Waals surface area contributed by atoms with Gasteiger partial charge in [-0.25, -0.2) is 4.79 Å². The monoisotopic (exact) mass is 392 g/mol. The summed E-state index contributed by atoms with van der Waals surface area (Å²) in [7, 11) is 1.31. The Morgan fingerprint density at radius 3 is 1.83 bits per heavy atom. The van der Waals surface area contributed by atoms with Crippen molar-refractivity contribution in [3.05, 3.63) is 70.3 Å². The van der Waals surface area contributed by atoms with Crippen molar-refractivity contribution in [2.75, 3.05) is 7.11 Å². The van der Waals surface area contributed by atoms with E-state index in [2.05, 4.69) is 38.5 Å². The van der Waals surface area contributed by atoms with Crippen LogP contribution >= 0.6 is 0 Å². The largest absolute Gasteiger partial charge is 0.465 e. The van der Waals surface area contributed by atoms with E-state index in [1.165, 1.54) is 30.4 Å². The highest BCUT2D eigenvalue weighted by molar-refractivity contribution is 6.13. The first-order chi connectivity index (χ1) is 13.5. The highest BCUT2D eigenvalue weighted by atomic mass is 16.5. The third-order valence-electron chi connectivity index (χ3n) is 6.12. The third kappa shape index (κ3) is 4.16. The Labute approximate surface area is 172 Å². The first kappa shape index (κ1) is 21.0. The minimum absolute atomic E-state index is 0.00880.